The van der Waals surface area contributed by atoms with Crippen LogP contribution in [0.4, 0.5) is 0 Å². The number of thioether (sulfide) groups is 1. The monoisotopic (exact) mass is 537 g/mol. The molecule has 2 heterocycles. The molecule has 0 N–H and O–H groups in total. The van der Waals surface area contributed by atoms with Crippen molar-refractivity contribution in [1.29, 1.82) is 0 Å². The zero-order valence-corrected chi connectivity index (χ0v) is 20.7. The Bertz CT molecular complexity index is 918. The van der Waals surface area contributed by atoms with Crippen molar-refractivity contribution in [3.05, 3.63) is 56.5 Å². The fraction of sp³-hybridized carbons (Fsp3) is 0.435. The van der Waals surface area contributed by atoms with Crippen LogP contribution in [0.1, 0.15) is 35.7 Å². The van der Waals surface area contributed by atoms with Crippen molar-refractivity contribution in [2.75, 3.05) is 26.2 Å². The van der Waals surface area contributed by atoms with Gasteiger partial charge < -0.3 is 9.64 Å². The number of piperidine rings is 1. The summed E-state index contributed by atoms with van der Waals surface area (Å²) in [5.41, 5.74) is 1.87. The van der Waals surface area contributed by atoms with Crippen molar-refractivity contribution in [3.8, 4) is 5.75 Å². The van der Waals surface area contributed by atoms with E-state index in [9.17, 15) is 4.79 Å². The van der Waals surface area contributed by atoms with Gasteiger partial charge in [-0.15, -0.1) is 11.8 Å². The highest BCUT2D eigenvalue weighted by atomic mass is 79.9. The zero-order valence-electron chi connectivity index (χ0n) is 16.7. The van der Waals surface area contributed by atoms with E-state index in [1.165, 1.54) is 18.4 Å². The normalized spacial score (nSPS) is 24.8. The maximum absolute atomic E-state index is 13.9. The lowest BCUT2D eigenvalue weighted by Crippen LogP contribution is -2.54. The third-order valence-corrected chi connectivity index (χ3v) is 8.05. The minimum Gasteiger partial charge on any atom is -0.490 e. The Labute approximate surface area is 193 Å². The van der Waals surface area contributed by atoms with Gasteiger partial charge in [0.25, 0.3) is 0 Å². The summed E-state index contributed by atoms with van der Waals surface area (Å²) < 4.78 is 7.26. The molecule has 29 heavy (non-hydrogen) atoms. The van der Waals surface area contributed by atoms with Crippen LogP contribution in [0, 0.1) is 12.8 Å². The molecule has 0 aliphatic carbocycles. The number of Topliss-reactive ketones (excluding diaryl/α,β-unsaturated/α-hetero) is 1. The Morgan fingerprint density at radius 1 is 1.24 bits per heavy atom. The van der Waals surface area contributed by atoms with Crippen molar-refractivity contribution in [3.63, 3.8) is 0 Å². The number of carbonyl (C=O) groups is 1. The van der Waals surface area contributed by atoms with Gasteiger partial charge >= 0.3 is 0 Å². The lowest BCUT2D eigenvalue weighted by Gasteiger charge is -2.41. The average molecular weight is 539 g/mol. The van der Waals surface area contributed by atoms with Crippen LogP contribution in [0.5, 0.6) is 5.75 Å². The Morgan fingerprint density at radius 2 is 2.00 bits per heavy atom. The van der Waals surface area contributed by atoms with Crippen molar-refractivity contribution >= 4 is 49.4 Å². The van der Waals surface area contributed by atoms with Crippen LogP contribution in [-0.4, -0.2) is 41.7 Å². The van der Waals surface area contributed by atoms with Crippen LogP contribution in [0.15, 0.2) is 50.2 Å². The predicted octanol–water partition coefficient (Wildman–Crippen LogP) is 6.36. The van der Waals surface area contributed by atoms with E-state index in [0.29, 0.717) is 30.4 Å². The first-order valence-corrected chi connectivity index (χ1v) is 12.4. The number of halogens is 2. The zero-order chi connectivity index (χ0) is 20.6. The predicted molar refractivity (Wildman–Crippen MR) is 126 cm³/mol. The van der Waals surface area contributed by atoms with Crippen molar-refractivity contribution in [2.24, 2.45) is 5.92 Å². The molecule has 0 radical (unpaired) electrons. The van der Waals surface area contributed by atoms with Crippen LogP contribution in [0.3, 0.4) is 0 Å². The molecule has 0 spiro atoms. The van der Waals surface area contributed by atoms with Crippen molar-refractivity contribution in [1.82, 2.24) is 4.90 Å². The molecule has 2 aliphatic heterocycles. The van der Waals surface area contributed by atoms with Gasteiger partial charge in [-0.1, -0.05) is 40.5 Å². The number of nitrogens with zero attached hydrogens (tertiary/aromatic N) is 1. The van der Waals surface area contributed by atoms with Gasteiger partial charge in [0.05, 0.1) is 10.0 Å². The molecule has 2 unspecified atom stereocenters. The summed E-state index contributed by atoms with van der Waals surface area (Å²) in [6.45, 7) is 7.55. The molecule has 1 saturated heterocycles. The van der Waals surface area contributed by atoms with E-state index in [2.05, 4.69) is 74.9 Å². The number of aryl methyl sites for hydroxylation is 1. The summed E-state index contributed by atoms with van der Waals surface area (Å²) in [6, 6.07) is 12.3. The van der Waals surface area contributed by atoms with Gasteiger partial charge in [-0.25, -0.2) is 0 Å². The number of likely N-dealkylation sites (tertiary alicyclic amines) is 1. The molecule has 3 nitrogen and oxygen atoms in total. The van der Waals surface area contributed by atoms with Crippen molar-refractivity contribution < 1.29 is 9.53 Å². The van der Waals surface area contributed by atoms with Crippen LogP contribution in [0.2, 0.25) is 0 Å². The number of ether oxygens (including phenoxy) is 1. The number of hydrogen-bond donors (Lipinski definition) is 0. The largest absolute Gasteiger partial charge is 0.490 e. The highest BCUT2D eigenvalue weighted by Crippen LogP contribution is 2.45. The first kappa shape index (κ1) is 21.4. The van der Waals surface area contributed by atoms with E-state index in [0.717, 1.165) is 26.9 Å². The third-order valence-electron chi connectivity index (χ3n) is 5.67. The van der Waals surface area contributed by atoms with Gasteiger partial charge in [0, 0.05) is 22.5 Å². The fourth-order valence-electron chi connectivity index (χ4n) is 4.22. The molecule has 0 aromatic heterocycles. The molecule has 0 amide bonds. The molecular formula is C23H25Br2NO2S. The van der Waals surface area contributed by atoms with E-state index in [1.54, 1.807) is 11.8 Å². The van der Waals surface area contributed by atoms with E-state index in [4.69, 9.17) is 4.74 Å². The lowest BCUT2D eigenvalue weighted by atomic mass is 9.92. The number of rotatable bonds is 4. The topological polar surface area (TPSA) is 29.5 Å². The summed E-state index contributed by atoms with van der Waals surface area (Å²) in [6.07, 6.45) is 2.46. The van der Waals surface area contributed by atoms with Gasteiger partial charge in [-0.05, 0) is 72.4 Å². The maximum Gasteiger partial charge on any atom is 0.187 e. The second-order valence-corrected chi connectivity index (χ2v) is 11.5. The molecule has 0 bridgehead atoms. The summed E-state index contributed by atoms with van der Waals surface area (Å²) >= 11 is 8.74. The lowest BCUT2D eigenvalue weighted by molar-refractivity contribution is 0.0785. The van der Waals surface area contributed by atoms with E-state index in [-0.39, 0.29) is 5.78 Å². The van der Waals surface area contributed by atoms with E-state index < -0.39 is 4.75 Å². The molecule has 2 aliphatic rings. The minimum absolute atomic E-state index is 0.157. The first-order valence-electron chi connectivity index (χ1n) is 10.0. The standard InChI is InChI=1S/C23H25Br2NO2S/c1-15-5-7-18(8-6-15)29-23(13-26-9-3-4-16(2)12-26)14-28-21-19(22(23)27)10-17(24)11-20(21)25/h5-8,10-11,16H,3-4,9,12-14H2,1-2H3. The van der Waals surface area contributed by atoms with Gasteiger partial charge in [-0.2, -0.15) is 0 Å². The SMILES string of the molecule is Cc1ccc(SC2(CN3CCCC(C)C3)COc3c(Br)cc(Br)cc3C2=O)cc1. The summed E-state index contributed by atoms with van der Waals surface area (Å²) in [7, 11) is 0. The number of benzene rings is 2. The average Bonchev–Trinajstić information content (AvgIpc) is 2.67. The van der Waals surface area contributed by atoms with Crippen LogP contribution < -0.4 is 4.74 Å². The molecule has 2 aromatic carbocycles. The van der Waals surface area contributed by atoms with E-state index in [1.807, 2.05) is 12.1 Å². The van der Waals surface area contributed by atoms with Crippen LogP contribution in [-0.2, 0) is 0 Å². The van der Waals surface area contributed by atoms with Gasteiger partial charge in [0.1, 0.15) is 17.1 Å². The first-order chi connectivity index (χ1) is 13.9. The Kier molecular flexibility index (Phi) is 6.45. The Hall–Kier alpha value is -0.820. The molecule has 6 heteroatoms. The highest BCUT2D eigenvalue weighted by Gasteiger charge is 2.47. The van der Waals surface area contributed by atoms with Crippen LogP contribution >= 0.6 is 43.6 Å². The number of hydrogen-bond acceptors (Lipinski definition) is 4. The molecule has 2 aromatic rings. The molecule has 0 saturated carbocycles. The second-order valence-electron chi connectivity index (χ2n) is 8.27. The number of carbonyl (C=O) groups excluding carboxylic acids is 1. The summed E-state index contributed by atoms with van der Waals surface area (Å²) in [5.74, 6) is 1.48. The van der Waals surface area contributed by atoms with Gasteiger partial charge in [-0.3, -0.25) is 4.79 Å². The fourth-order valence-corrected chi connectivity index (χ4v) is 6.86. The Balaban J connectivity index is 1.71. The molecule has 2 atom stereocenters. The third kappa shape index (κ3) is 4.60. The Morgan fingerprint density at radius 3 is 2.72 bits per heavy atom. The summed E-state index contributed by atoms with van der Waals surface area (Å²) in [5, 5.41) is 0. The molecule has 1 fully saturated rings. The molecular weight excluding hydrogens is 514 g/mol. The second kappa shape index (κ2) is 8.74. The quantitative estimate of drug-likeness (QED) is 0.453. The highest BCUT2D eigenvalue weighted by molar-refractivity contribution is 9.11. The summed E-state index contributed by atoms with van der Waals surface area (Å²) in [4.78, 5) is 17.5. The van der Waals surface area contributed by atoms with Gasteiger partial charge in [0.15, 0.2) is 5.78 Å². The van der Waals surface area contributed by atoms with Crippen LogP contribution in [0.25, 0.3) is 0 Å². The van der Waals surface area contributed by atoms with Gasteiger partial charge in [0.2, 0.25) is 0 Å². The van der Waals surface area contributed by atoms with Crippen molar-refractivity contribution in [2.45, 2.75) is 36.3 Å². The maximum atomic E-state index is 13.9. The minimum atomic E-state index is -0.653. The molecule has 4 rings (SSSR count). The van der Waals surface area contributed by atoms with E-state index >= 15 is 0 Å². The number of fused-ring (bicyclic) bond motifs is 1. The smallest absolute Gasteiger partial charge is 0.187 e. The molecule has 154 valence electrons. The number of ketones is 1.